The zero-order valence-electron chi connectivity index (χ0n) is 13.3. The van der Waals surface area contributed by atoms with Crippen LogP contribution in [0.15, 0.2) is 36.5 Å². The van der Waals surface area contributed by atoms with Gasteiger partial charge < -0.3 is 20.7 Å². The number of carbonyl (C=O) groups excluding carboxylic acids is 1. The van der Waals surface area contributed by atoms with Gasteiger partial charge in [-0.25, -0.2) is 4.98 Å². The van der Waals surface area contributed by atoms with Crippen molar-refractivity contribution in [3.63, 3.8) is 0 Å². The molecule has 0 saturated carbocycles. The van der Waals surface area contributed by atoms with Crippen molar-refractivity contribution in [1.29, 1.82) is 0 Å². The fourth-order valence-electron chi connectivity index (χ4n) is 2.96. The highest BCUT2D eigenvalue weighted by atomic mass is 35.5. The van der Waals surface area contributed by atoms with Crippen LogP contribution in [0.4, 0.5) is 0 Å². The number of benzene rings is 1. The molecule has 0 bridgehead atoms. The smallest absolute Gasteiger partial charge is 0.270 e. The van der Waals surface area contributed by atoms with E-state index in [1.54, 1.807) is 6.92 Å². The van der Waals surface area contributed by atoms with Crippen molar-refractivity contribution < 1.29 is 9.90 Å². The summed E-state index contributed by atoms with van der Waals surface area (Å²) in [7, 11) is 0. The van der Waals surface area contributed by atoms with Gasteiger partial charge in [-0.1, -0.05) is 30.3 Å². The van der Waals surface area contributed by atoms with E-state index in [4.69, 9.17) is 0 Å². The molecule has 1 aromatic carbocycles. The van der Waals surface area contributed by atoms with E-state index in [9.17, 15) is 9.90 Å². The Bertz CT molecular complexity index is 665. The molecule has 8 heteroatoms. The number of rotatable bonds is 3. The summed E-state index contributed by atoms with van der Waals surface area (Å²) < 4.78 is 0. The molecule has 24 heavy (non-hydrogen) atoms. The Hall–Kier alpha value is -1.60. The Balaban J connectivity index is 0.00000144. The molecule has 0 aliphatic carbocycles. The fourth-order valence-corrected chi connectivity index (χ4v) is 2.96. The third kappa shape index (κ3) is 3.89. The van der Waals surface area contributed by atoms with E-state index in [0.29, 0.717) is 24.5 Å². The molecule has 1 aliphatic rings. The number of imidazole rings is 1. The van der Waals surface area contributed by atoms with E-state index in [1.807, 2.05) is 30.3 Å². The zero-order chi connectivity index (χ0) is 15.6. The number of nitrogens with zero attached hydrogens (tertiary/aromatic N) is 1. The van der Waals surface area contributed by atoms with Gasteiger partial charge in [-0.05, 0) is 25.5 Å². The normalized spacial score (nSPS) is 22.8. The first-order valence-corrected chi connectivity index (χ1v) is 7.40. The number of aliphatic hydroxyl groups is 1. The molecule has 4 N–H and O–H groups in total. The number of piperidine rings is 1. The summed E-state index contributed by atoms with van der Waals surface area (Å²) in [5, 5.41) is 16.8. The van der Waals surface area contributed by atoms with E-state index < -0.39 is 11.6 Å². The van der Waals surface area contributed by atoms with Crippen LogP contribution in [-0.4, -0.2) is 40.2 Å². The van der Waals surface area contributed by atoms with Gasteiger partial charge >= 0.3 is 0 Å². The number of β-amino-alcohol motifs (C(OH)–C–C–N with tert-alkyl or cyclic N) is 1. The summed E-state index contributed by atoms with van der Waals surface area (Å²) in [6.45, 7) is 2.97. The minimum absolute atomic E-state index is 0. The summed E-state index contributed by atoms with van der Waals surface area (Å²) >= 11 is 0. The standard InChI is InChI=1S/C16H20N4O2.2ClH/c1-11-18-9-13(19-11)15(22)20-16(7-8-17-10-14(16)21)12-5-3-2-4-6-12;;/h2-6,9,14,17,21H,7-8,10H2,1H3,(H,18,19)(H,20,22);2*1H/t14-,16-;;/m1../s1. The molecule has 3 rings (SSSR count). The van der Waals surface area contributed by atoms with E-state index in [1.165, 1.54) is 6.20 Å². The number of H-pyrrole nitrogens is 1. The van der Waals surface area contributed by atoms with Gasteiger partial charge in [-0.15, -0.1) is 24.8 Å². The van der Waals surface area contributed by atoms with Crippen LogP contribution in [0.25, 0.3) is 0 Å². The lowest BCUT2D eigenvalue weighted by atomic mass is 9.79. The molecule has 0 unspecified atom stereocenters. The van der Waals surface area contributed by atoms with E-state index in [0.717, 1.165) is 12.1 Å². The maximum Gasteiger partial charge on any atom is 0.270 e. The first kappa shape index (κ1) is 20.4. The van der Waals surface area contributed by atoms with Crippen molar-refractivity contribution in [3.05, 3.63) is 53.6 Å². The quantitative estimate of drug-likeness (QED) is 0.657. The molecular weight excluding hydrogens is 351 g/mol. The average molecular weight is 373 g/mol. The highest BCUT2D eigenvalue weighted by Gasteiger charge is 2.43. The Morgan fingerprint density at radius 2 is 2.04 bits per heavy atom. The highest BCUT2D eigenvalue weighted by molar-refractivity contribution is 5.92. The molecular formula is C16H22Cl2N4O2. The van der Waals surface area contributed by atoms with Crippen LogP contribution < -0.4 is 10.6 Å². The number of nitrogens with one attached hydrogen (secondary N) is 3. The molecule has 0 radical (unpaired) electrons. The molecule has 1 aliphatic heterocycles. The van der Waals surface area contributed by atoms with Crippen LogP contribution in [0, 0.1) is 6.92 Å². The van der Waals surface area contributed by atoms with Crippen LogP contribution in [0.2, 0.25) is 0 Å². The Morgan fingerprint density at radius 1 is 1.33 bits per heavy atom. The van der Waals surface area contributed by atoms with E-state index in [-0.39, 0.29) is 30.7 Å². The van der Waals surface area contributed by atoms with Crippen LogP contribution in [-0.2, 0) is 5.54 Å². The van der Waals surface area contributed by atoms with Gasteiger partial charge in [0.25, 0.3) is 5.91 Å². The number of aryl methyl sites for hydroxylation is 1. The molecule has 0 spiro atoms. The van der Waals surface area contributed by atoms with E-state index >= 15 is 0 Å². The molecule has 1 amide bonds. The van der Waals surface area contributed by atoms with Crippen molar-refractivity contribution in [2.75, 3.05) is 13.1 Å². The van der Waals surface area contributed by atoms with Crippen molar-refractivity contribution in [2.45, 2.75) is 25.0 Å². The lowest BCUT2D eigenvalue weighted by molar-refractivity contribution is 0.0288. The molecule has 2 heterocycles. The fraction of sp³-hybridized carbons (Fsp3) is 0.375. The van der Waals surface area contributed by atoms with Gasteiger partial charge in [0, 0.05) is 6.54 Å². The monoisotopic (exact) mass is 372 g/mol. The summed E-state index contributed by atoms with van der Waals surface area (Å²) in [6, 6.07) is 9.63. The second kappa shape index (κ2) is 8.48. The largest absolute Gasteiger partial charge is 0.389 e. The molecule has 132 valence electrons. The molecule has 1 fully saturated rings. The predicted molar refractivity (Wildman–Crippen MR) is 96.9 cm³/mol. The summed E-state index contributed by atoms with van der Waals surface area (Å²) in [6.07, 6.45) is 1.44. The molecule has 6 nitrogen and oxygen atoms in total. The third-order valence-electron chi connectivity index (χ3n) is 4.18. The first-order valence-electron chi connectivity index (χ1n) is 7.40. The molecule has 2 atom stereocenters. The zero-order valence-corrected chi connectivity index (χ0v) is 14.9. The second-order valence-electron chi connectivity index (χ2n) is 5.64. The maximum atomic E-state index is 12.5. The maximum absolute atomic E-state index is 12.5. The Kier molecular flexibility index (Phi) is 7.23. The lowest BCUT2D eigenvalue weighted by Crippen LogP contribution is -2.61. The number of carbonyl (C=O) groups is 1. The highest BCUT2D eigenvalue weighted by Crippen LogP contribution is 2.31. The van der Waals surface area contributed by atoms with Crippen LogP contribution >= 0.6 is 24.8 Å². The van der Waals surface area contributed by atoms with Crippen molar-refractivity contribution >= 4 is 30.7 Å². The van der Waals surface area contributed by atoms with E-state index in [2.05, 4.69) is 20.6 Å². The average Bonchev–Trinajstić information content (AvgIpc) is 2.97. The van der Waals surface area contributed by atoms with Gasteiger partial charge in [-0.3, -0.25) is 4.79 Å². The van der Waals surface area contributed by atoms with Crippen LogP contribution in [0.5, 0.6) is 0 Å². The first-order chi connectivity index (χ1) is 10.6. The number of amides is 1. The minimum Gasteiger partial charge on any atom is -0.389 e. The lowest BCUT2D eigenvalue weighted by Gasteiger charge is -2.42. The molecule has 1 aromatic heterocycles. The number of hydrogen-bond acceptors (Lipinski definition) is 4. The third-order valence-corrected chi connectivity index (χ3v) is 4.18. The second-order valence-corrected chi connectivity index (χ2v) is 5.64. The van der Waals surface area contributed by atoms with Gasteiger partial charge in [0.1, 0.15) is 11.5 Å². The van der Waals surface area contributed by atoms with Gasteiger partial charge in [-0.2, -0.15) is 0 Å². The Labute approximate surface area is 153 Å². The Morgan fingerprint density at radius 3 is 2.62 bits per heavy atom. The summed E-state index contributed by atoms with van der Waals surface area (Å²) in [5.74, 6) is 0.426. The van der Waals surface area contributed by atoms with Gasteiger partial charge in [0.05, 0.1) is 17.8 Å². The van der Waals surface area contributed by atoms with Crippen molar-refractivity contribution in [2.24, 2.45) is 0 Å². The number of aliphatic hydroxyl groups excluding tert-OH is 1. The number of hydrogen-bond donors (Lipinski definition) is 4. The van der Waals surface area contributed by atoms with Crippen molar-refractivity contribution in [1.82, 2.24) is 20.6 Å². The van der Waals surface area contributed by atoms with Gasteiger partial charge in [0.15, 0.2) is 0 Å². The number of halogens is 2. The molecule has 2 aromatic rings. The number of aromatic amines is 1. The summed E-state index contributed by atoms with van der Waals surface area (Å²) in [5.41, 5.74) is 0.523. The van der Waals surface area contributed by atoms with Gasteiger partial charge in [0.2, 0.25) is 0 Å². The summed E-state index contributed by atoms with van der Waals surface area (Å²) in [4.78, 5) is 19.5. The number of aromatic nitrogens is 2. The topological polar surface area (TPSA) is 90.0 Å². The predicted octanol–water partition coefficient (Wildman–Crippen LogP) is 1.54. The van der Waals surface area contributed by atoms with Crippen LogP contribution in [0.1, 0.15) is 28.3 Å². The SMILES string of the molecule is Cc1ncc(C(=O)N[C@@]2(c3ccccc3)CCNC[C@H]2O)[nH]1.Cl.Cl. The van der Waals surface area contributed by atoms with Crippen LogP contribution in [0.3, 0.4) is 0 Å². The molecule has 1 saturated heterocycles. The minimum atomic E-state index is -0.789. The van der Waals surface area contributed by atoms with Crippen molar-refractivity contribution in [3.8, 4) is 0 Å².